The van der Waals surface area contributed by atoms with E-state index in [0.29, 0.717) is 118 Å². The SMILES string of the molecule is COC(=O)c1ccccc1C1=C2C=CC(=N2)C(c2ccccc2C(=O)OC)=c2ccc([nH]2)=C(c2ccccc2C(=O)OC)C2=NC(=C(c3ccccc3C(=O)OC)C3=NC1=CC3)C=C2. The van der Waals surface area contributed by atoms with Crippen LogP contribution in [0.3, 0.4) is 0 Å². The van der Waals surface area contributed by atoms with Gasteiger partial charge in [0.15, 0.2) is 0 Å². The van der Waals surface area contributed by atoms with E-state index in [1.165, 1.54) is 28.4 Å². The maximum atomic E-state index is 13.4. The van der Waals surface area contributed by atoms with Gasteiger partial charge in [0.05, 0.1) is 84.9 Å². The van der Waals surface area contributed by atoms with Crippen LogP contribution in [-0.2, 0) is 18.9 Å². The number of hydrogen-bond acceptors (Lipinski definition) is 11. The van der Waals surface area contributed by atoms with Gasteiger partial charge < -0.3 is 23.9 Å². The number of ether oxygens (including phenoxy) is 4. The molecule has 0 aliphatic carbocycles. The fourth-order valence-corrected chi connectivity index (χ4v) is 8.36. The van der Waals surface area contributed by atoms with Gasteiger partial charge in [-0.25, -0.2) is 29.2 Å². The Balaban J connectivity index is 1.46. The molecular weight excluding hydrogens is 809 g/mol. The topological polar surface area (TPSA) is 158 Å². The van der Waals surface area contributed by atoms with Crippen molar-refractivity contribution in [2.45, 2.75) is 6.42 Å². The summed E-state index contributed by atoms with van der Waals surface area (Å²) in [6.07, 6.45) is 9.67. The minimum absolute atomic E-state index is 0.302. The van der Waals surface area contributed by atoms with Gasteiger partial charge in [-0.2, -0.15) is 0 Å². The second-order valence-corrected chi connectivity index (χ2v) is 14.7. The molecule has 0 radical (unpaired) electrons. The zero-order chi connectivity index (χ0) is 44.5. The average Bonchev–Trinajstić information content (AvgIpc) is 4.20. The summed E-state index contributed by atoms with van der Waals surface area (Å²) in [5.41, 5.74) is 8.72. The summed E-state index contributed by atoms with van der Waals surface area (Å²) in [7, 11) is 5.32. The molecule has 4 aliphatic rings. The van der Waals surface area contributed by atoms with Crippen molar-refractivity contribution < 1.29 is 38.1 Å². The van der Waals surface area contributed by atoms with E-state index in [1.807, 2.05) is 91.0 Å². The molecule has 0 fully saturated rings. The molecule has 0 atom stereocenters. The summed E-state index contributed by atoms with van der Waals surface area (Å²) in [4.78, 5) is 73.1. The molecule has 9 rings (SSSR count). The molecule has 0 saturated carbocycles. The summed E-state index contributed by atoms with van der Waals surface area (Å²) in [5, 5.41) is 1.17. The monoisotopic (exact) mass is 846 g/mol. The number of allylic oxidation sites excluding steroid dienone is 7. The van der Waals surface area contributed by atoms with Crippen molar-refractivity contribution >= 4 is 63.3 Å². The second kappa shape index (κ2) is 17.1. The number of H-pyrrole nitrogens is 1. The van der Waals surface area contributed by atoms with E-state index < -0.39 is 23.9 Å². The normalized spacial score (nSPS) is 15.1. The highest BCUT2D eigenvalue weighted by Gasteiger charge is 2.31. The molecule has 0 unspecified atom stereocenters. The Morgan fingerprint density at radius 1 is 0.438 bits per heavy atom. The van der Waals surface area contributed by atoms with Crippen LogP contribution in [0.4, 0.5) is 0 Å². The van der Waals surface area contributed by atoms with Crippen LogP contribution in [0.25, 0.3) is 22.3 Å². The number of aromatic nitrogens is 1. The fraction of sp³-hybridized carbons (Fsp3) is 0.0962. The number of aromatic amines is 1. The molecule has 314 valence electrons. The molecule has 1 N–H and O–H groups in total. The van der Waals surface area contributed by atoms with Crippen molar-refractivity contribution in [2.75, 3.05) is 28.4 Å². The summed E-state index contributed by atoms with van der Waals surface area (Å²) in [6, 6.07) is 32.2. The van der Waals surface area contributed by atoms with E-state index in [4.69, 9.17) is 33.9 Å². The van der Waals surface area contributed by atoms with Crippen molar-refractivity contribution in [2.24, 2.45) is 15.0 Å². The number of nitrogens with one attached hydrogen (secondary N) is 1. The number of carbonyl (C=O) groups is 4. The first kappa shape index (κ1) is 40.9. The third-order valence-electron chi connectivity index (χ3n) is 11.2. The fourth-order valence-electron chi connectivity index (χ4n) is 8.36. The predicted molar refractivity (Wildman–Crippen MR) is 243 cm³/mol. The van der Waals surface area contributed by atoms with Crippen LogP contribution >= 0.6 is 0 Å². The van der Waals surface area contributed by atoms with Gasteiger partial charge in [-0.15, -0.1) is 0 Å². The Morgan fingerprint density at radius 2 is 0.797 bits per heavy atom. The van der Waals surface area contributed by atoms with E-state index >= 15 is 0 Å². The van der Waals surface area contributed by atoms with Crippen LogP contribution in [0.1, 0.15) is 70.1 Å². The van der Waals surface area contributed by atoms with E-state index in [9.17, 15) is 19.2 Å². The van der Waals surface area contributed by atoms with Crippen LogP contribution in [0, 0.1) is 0 Å². The Hall–Kier alpha value is -8.51. The molecule has 0 amide bonds. The van der Waals surface area contributed by atoms with Crippen LogP contribution in [0.2, 0.25) is 0 Å². The van der Waals surface area contributed by atoms with Gasteiger partial charge in [0, 0.05) is 61.7 Å². The maximum absolute atomic E-state index is 13.4. The number of fused-ring (bicyclic) bond motifs is 5. The number of nitrogens with zero attached hydrogens (tertiary/aromatic N) is 3. The molecule has 8 bridgehead atoms. The molecule has 5 aromatic rings. The van der Waals surface area contributed by atoms with Crippen molar-refractivity contribution in [3.63, 3.8) is 0 Å². The van der Waals surface area contributed by atoms with E-state index in [2.05, 4.69) is 4.98 Å². The first-order valence-electron chi connectivity index (χ1n) is 20.2. The number of carbonyl (C=O) groups excluding carboxylic acids is 4. The molecular formula is C52H38N4O8. The standard InChI is InChI=1S/C52H38N4O8/c1-61-49(57)33-17-9-5-13-29(33)45-37-21-23-39(53-37)46(30-14-6-10-18-34(30)50(58)62-2)41-25-27-43(55-41)48(32-16-8-12-20-36(32)52(60)64-4)44-28-26-42(56-44)47(40-24-22-38(45)54-40)31-15-7-11-19-35(31)51(59)63-3/h5-27,53H,28H2,1-4H3. The number of hydrogen-bond donors (Lipinski definition) is 1. The van der Waals surface area contributed by atoms with Crippen molar-refractivity contribution in [3.05, 3.63) is 212 Å². The lowest BCUT2D eigenvalue weighted by atomic mass is 9.93. The Morgan fingerprint density at radius 3 is 1.20 bits per heavy atom. The second-order valence-electron chi connectivity index (χ2n) is 14.7. The first-order chi connectivity index (χ1) is 31.2. The highest BCUT2D eigenvalue weighted by Crippen LogP contribution is 2.40. The summed E-state index contributed by atoms with van der Waals surface area (Å²) < 4.78 is 21.0. The summed E-state index contributed by atoms with van der Waals surface area (Å²) in [6.45, 7) is 0. The summed E-state index contributed by atoms with van der Waals surface area (Å²) in [5.74, 6) is -2.17. The Labute approximate surface area is 367 Å². The van der Waals surface area contributed by atoms with E-state index in [1.54, 1.807) is 48.5 Å². The maximum Gasteiger partial charge on any atom is 0.338 e. The van der Waals surface area contributed by atoms with Crippen molar-refractivity contribution in [3.8, 4) is 0 Å². The highest BCUT2D eigenvalue weighted by molar-refractivity contribution is 6.35. The number of esters is 4. The van der Waals surface area contributed by atoms with E-state index in [-0.39, 0.29) is 0 Å². The third-order valence-corrected chi connectivity index (χ3v) is 11.2. The largest absolute Gasteiger partial charge is 0.465 e. The number of methoxy groups -OCH3 is 4. The lowest BCUT2D eigenvalue weighted by molar-refractivity contribution is 0.0591. The van der Waals surface area contributed by atoms with Gasteiger partial charge in [0.25, 0.3) is 0 Å². The smallest absolute Gasteiger partial charge is 0.338 e. The molecule has 0 saturated heterocycles. The molecule has 12 nitrogen and oxygen atoms in total. The Bertz CT molecular complexity index is 3260. The van der Waals surface area contributed by atoms with Gasteiger partial charge in [-0.05, 0) is 60.7 Å². The van der Waals surface area contributed by atoms with Gasteiger partial charge in [0.2, 0.25) is 0 Å². The van der Waals surface area contributed by atoms with Crippen LogP contribution in [0.5, 0.6) is 0 Å². The molecule has 4 aliphatic heterocycles. The predicted octanol–water partition coefficient (Wildman–Crippen LogP) is 7.15. The molecule has 0 spiro atoms. The lowest BCUT2D eigenvalue weighted by Gasteiger charge is -2.15. The molecule has 5 heterocycles. The number of aliphatic imine (C=N–C) groups is 3. The van der Waals surface area contributed by atoms with Crippen LogP contribution in [0.15, 0.2) is 172 Å². The molecule has 64 heavy (non-hydrogen) atoms. The van der Waals surface area contributed by atoms with Crippen molar-refractivity contribution in [1.82, 2.24) is 4.98 Å². The zero-order valence-corrected chi connectivity index (χ0v) is 35.1. The van der Waals surface area contributed by atoms with Crippen LogP contribution in [-0.4, -0.2) is 74.4 Å². The molecule has 4 aromatic carbocycles. The minimum Gasteiger partial charge on any atom is -0.465 e. The van der Waals surface area contributed by atoms with Gasteiger partial charge in [-0.3, -0.25) is 4.99 Å². The third kappa shape index (κ3) is 7.16. The van der Waals surface area contributed by atoms with Crippen molar-refractivity contribution in [1.29, 1.82) is 0 Å². The lowest BCUT2D eigenvalue weighted by Crippen LogP contribution is -2.23. The Kier molecular flexibility index (Phi) is 10.9. The van der Waals surface area contributed by atoms with Crippen LogP contribution < -0.4 is 10.7 Å². The number of benzene rings is 4. The first-order valence-corrected chi connectivity index (χ1v) is 20.2. The highest BCUT2D eigenvalue weighted by atomic mass is 16.5. The summed E-state index contributed by atoms with van der Waals surface area (Å²) >= 11 is 0. The van der Waals surface area contributed by atoms with Gasteiger partial charge in [0.1, 0.15) is 0 Å². The zero-order valence-electron chi connectivity index (χ0n) is 35.1. The molecule has 12 heteroatoms. The quantitative estimate of drug-likeness (QED) is 0.128. The molecule has 1 aromatic heterocycles. The van der Waals surface area contributed by atoms with Gasteiger partial charge >= 0.3 is 23.9 Å². The van der Waals surface area contributed by atoms with E-state index in [0.717, 1.165) is 0 Å². The number of rotatable bonds is 8. The average molecular weight is 847 g/mol. The minimum atomic E-state index is -0.545. The van der Waals surface area contributed by atoms with Gasteiger partial charge in [-0.1, -0.05) is 78.9 Å².